The molecule has 128 valence electrons. The quantitative estimate of drug-likeness (QED) is 0.797. The van der Waals surface area contributed by atoms with Crippen LogP contribution in [-0.4, -0.2) is 61.6 Å². The Morgan fingerprint density at radius 1 is 1.29 bits per heavy atom. The lowest BCUT2D eigenvalue weighted by Crippen LogP contribution is -2.48. The number of hydrogen-bond acceptors (Lipinski definition) is 5. The maximum atomic E-state index is 12.7. The molecule has 1 aliphatic rings. The third-order valence-electron chi connectivity index (χ3n) is 4.43. The van der Waals surface area contributed by atoms with Gasteiger partial charge in [0, 0.05) is 38.1 Å². The zero-order valence-electron chi connectivity index (χ0n) is 14.0. The summed E-state index contributed by atoms with van der Waals surface area (Å²) in [7, 11) is 1.72. The molecular weight excluding hydrogens is 308 g/mol. The SMILES string of the molecule is CC(CN(C)C(=O)c1cc2ccccc2oc1=O)N1CCOCC1. The topological polar surface area (TPSA) is 63.0 Å². The molecule has 0 saturated carbocycles. The molecular formula is C18H22N2O4. The van der Waals surface area contributed by atoms with Crippen LogP contribution < -0.4 is 5.63 Å². The highest BCUT2D eigenvalue weighted by Crippen LogP contribution is 2.14. The second-order valence-corrected chi connectivity index (χ2v) is 6.17. The molecule has 1 aromatic carbocycles. The van der Waals surface area contributed by atoms with E-state index in [0.29, 0.717) is 12.1 Å². The molecule has 1 fully saturated rings. The van der Waals surface area contributed by atoms with Crippen LogP contribution in [0.1, 0.15) is 17.3 Å². The molecule has 1 saturated heterocycles. The molecule has 2 aromatic rings. The number of hydrogen-bond donors (Lipinski definition) is 0. The second-order valence-electron chi connectivity index (χ2n) is 6.17. The fraction of sp³-hybridized carbons (Fsp3) is 0.444. The first-order valence-corrected chi connectivity index (χ1v) is 8.16. The maximum absolute atomic E-state index is 12.7. The van der Waals surface area contributed by atoms with Crippen molar-refractivity contribution in [3.63, 3.8) is 0 Å². The van der Waals surface area contributed by atoms with Crippen molar-refractivity contribution in [3.05, 3.63) is 46.3 Å². The van der Waals surface area contributed by atoms with E-state index in [9.17, 15) is 9.59 Å². The zero-order chi connectivity index (χ0) is 17.1. The number of amides is 1. The van der Waals surface area contributed by atoms with E-state index in [1.165, 1.54) is 0 Å². The Labute approximate surface area is 140 Å². The van der Waals surface area contributed by atoms with Crippen LogP contribution in [0.3, 0.4) is 0 Å². The van der Waals surface area contributed by atoms with Gasteiger partial charge in [0.15, 0.2) is 0 Å². The lowest BCUT2D eigenvalue weighted by Gasteiger charge is -2.34. The third-order valence-corrected chi connectivity index (χ3v) is 4.43. The highest BCUT2D eigenvalue weighted by Gasteiger charge is 2.23. The summed E-state index contributed by atoms with van der Waals surface area (Å²) >= 11 is 0. The second kappa shape index (κ2) is 7.15. The van der Waals surface area contributed by atoms with E-state index >= 15 is 0 Å². The van der Waals surface area contributed by atoms with Gasteiger partial charge in [0.05, 0.1) is 13.2 Å². The standard InChI is InChI=1S/C18H22N2O4/c1-13(20-7-9-23-10-8-20)12-19(2)17(21)15-11-14-5-3-4-6-16(14)24-18(15)22/h3-6,11,13H,7-10,12H2,1-2H3. The molecule has 0 N–H and O–H groups in total. The molecule has 1 amide bonds. The Hall–Kier alpha value is -2.18. The van der Waals surface area contributed by atoms with E-state index in [2.05, 4.69) is 11.8 Å². The van der Waals surface area contributed by atoms with E-state index in [1.807, 2.05) is 12.1 Å². The number of carbonyl (C=O) groups is 1. The van der Waals surface area contributed by atoms with Crippen molar-refractivity contribution < 1.29 is 13.9 Å². The van der Waals surface area contributed by atoms with Gasteiger partial charge in [0.1, 0.15) is 11.1 Å². The van der Waals surface area contributed by atoms with Gasteiger partial charge in [-0.25, -0.2) is 4.79 Å². The molecule has 0 radical (unpaired) electrons. The molecule has 1 unspecified atom stereocenters. The zero-order valence-corrected chi connectivity index (χ0v) is 14.0. The molecule has 1 atom stereocenters. The van der Waals surface area contributed by atoms with Crippen molar-refractivity contribution in [2.75, 3.05) is 39.9 Å². The van der Waals surface area contributed by atoms with Crippen molar-refractivity contribution in [1.82, 2.24) is 9.80 Å². The van der Waals surface area contributed by atoms with Gasteiger partial charge in [0.2, 0.25) is 0 Å². The van der Waals surface area contributed by atoms with E-state index in [4.69, 9.17) is 9.15 Å². The van der Waals surface area contributed by atoms with E-state index in [0.717, 1.165) is 31.7 Å². The van der Waals surface area contributed by atoms with Crippen molar-refractivity contribution >= 4 is 16.9 Å². The summed E-state index contributed by atoms with van der Waals surface area (Å²) in [5.41, 5.74) is -0.0293. The monoisotopic (exact) mass is 330 g/mol. The van der Waals surface area contributed by atoms with Gasteiger partial charge in [-0.2, -0.15) is 0 Å². The summed E-state index contributed by atoms with van der Waals surface area (Å²) in [5, 5.41) is 0.745. The summed E-state index contributed by atoms with van der Waals surface area (Å²) in [6.45, 7) is 5.79. The number of nitrogens with zero attached hydrogens (tertiary/aromatic N) is 2. The molecule has 0 bridgehead atoms. The number of rotatable bonds is 4. The number of carbonyl (C=O) groups excluding carboxylic acids is 1. The summed E-state index contributed by atoms with van der Waals surface area (Å²) in [5.74, 6) is -0.311. The maximum Gasteiger partial charge on any atom is 0.349 e. The Balaban J connectivity index is 1.75. The predicted molar refractivity (Wildman–Crippen MR) is 91.3 cm³/mol. The Kier molecular flexibility index (Phi) is 4.97. The first-order chi connectivity index (χ1) is 11.6. The van der Waals surface area contributed by atoms with Crippen molar-refractivity contribution in [3.8, 4) is 0 Å². The number of para-hydroxylation sites is 1. The third kappa shape index (κ3) is 3.49. The first-order valence-electron chi connectivity index (χ1n) is 8.16. The van der Waals surface area contributed by atoms with Crippen LogP contribution in [0.4, 0.5) is 0 Å². The van der Waals surface area contributed by atoms with Gasteiger partial charge in [-0.05, 0) is 19.1 Å². The van der Waals surface area contributed by atoms with Gasteiger partial charge >= 0.3 is 5.63 Å². The molecule has 6 heteroatoms. The molecule has 0 aliphatic carbocycles. The molecule has 24 heavy (non-hydrogen) atoms. The van der Waals surface area contributed by atoms with Crippen LogP contribution >= 0.6 is 0 Å². The molecule has 0 spiro atoms. The van der Waals surface area contributed by atoms with Gasteiger partial charge < -0.3 is 14.1 Å². The summed E-state index contributed by atoms with van der Waals surface area (Å²) in [6.07, 6.45) is 0. The highest BCUT2D eigenvalue weighted by atomic mass is 16.5. The summed E-state index contributed by atoms with van der Waals surface area (Å²) in [4.78, 5) is 28.6. The number of morpholine rings is 1. The van der Waals surface area contributed by atoms with E-state index in [-0.39, 0.29) is 17.5 Å². The van der Waals surface area contributed by atoms with E-state index in [1.54, 1.807) is 30.1 Å². The average Bonchev–Trinajstić information content (AvgIpc) is 2.61. The number of ether oxygens (including phenoxy) is 1. The van der Waals surface area contributed by atoms with E-state index < -0.39 is 5.63 Å². The van der Waals surface area contributed by atoms with Gasteiger partial charge in [0.25, 0.3) is 5.91 Å². The van der Waals surface area contributed by atoms with Gasteiger partial charge in [-0.3, -0.25) is 9.69 Å². The molecule has 1 aliphatic heterocycles. The predicted octanol–water partition coefficient (Wildman–Crippen LogP) is 1.59. The largest absolute Gasteiger partial charge is 0.422 e. The molecule has 1 aromatic heterocycles. The Bertz CT molecular complexity index is 780. The molecule has 2 heterocycles. The lowest BCUT2D eigenvalue weighted by molar-refractivity contribution is 0.0142. The van der Waals surface area contributed by atoms with Crippen LogP contribution in [0.25, 0.3) is 11.0 Å². The van der Waals surface area contributed by atoms with Crippen LogP contribution in [-0.2, 0) is 4.74 Å². The van der Waals surface area contributed by atoms with Crippen molar-refractivity contribution in [2.45, 2.75) is 13.0 Å². The highest BCUT2D eigenvalue weighted by molar-refractivity contribution is 5.96. The number of fused-ring (bicyclic) bond motifs is 1. The van der Waals surface area contributed by atoms with Crippen LogP contribution in [0.2, 0.25) is 0 Å². The first kappa shape index (κ1) is 16.7. The van der Waals surface area contributed by atoms with Crippen LogP contribution in [0, 0.1) is 0 Å². The number of likely N-dealkylation sites (N-methyl/N-ethyl adjacent to an activating group) is 1. The Morgan fingerprint density at radius 2 is 2.00 bits per heavy atom. The minimum absolute atomic E-state index is 0.0744. The van der Waals surface area contributed by atoms with Gasteiger partial charge in [-0.1, -0.05) is 18.2 Å². The van der Waals surface area contributed by atoms with Crippen LogP contribution in [0.5, 0.6) is 0 Å². The number of benzene rings is 1. The summed E-state index contributed by atoms with van der Waals surface area (Å²) in [6, 6.07) is 9.00. The molecule has 6 nitrogen and oxygen atoms in total. The van der Waals surface area contributed by atoms with Crippen molar-refractivity contribution in [1.29, 1.82) is 0 Å². The van der Waals surface area contributed by atoms with Gasteiger partial charge in [-0.15, -0.1) is 0 Å². The Morgan fingerprint density at radius 3 is 2.75 bits per heavy atom. The average molecular weight is 330 g/mol. The minimum atomic E-state index is -0.593. The minimum Gasteiger partial charge on any atom is -0.422 e. The fourth-order valence-electron chi connectivity index (χ4n) is 3.03. The van der Waals surface area contributed by atoms with Crippen molar-refractivity contribution in [2.24, 2.45) is 0 Å². The smallest absolute Gasteiger partial charge is 0.349 e. The normalized spacial score (nSPS) is 16.9. The molecule has 3 rings (SSSR count). The summed E-state index contributed by atoms with van der Waals surface area (Å²) < 4.78 is 10.6. The lowest BCUT2D eigenvalue weighted by atomic mass is 10.1. The fourth-order valence-corrected chi connectivity index (χ4v) is 3.03. The van der Waals surface area contributed by atoms with Crippen LogP contribution in [0.15, 0.2) is 39.5 Å².